The van der Waals surface area contributed by atoms with Gasteiger partial charge in [-0.1, -0.05) is 5.16 Å². The van der Waals surface area contributed by atoms with Gasteiger partial charge in [0.15, 0.2) is 0 Å². The van der Waals surface area contributed by atoms with Gasteiger partial charge in [-0.05, 0) is 33.1 Å². The first-order chi connectivity index (χ1) is 9.94. The highest BCUT2D eigenvalue weighted by atomic mass is 32.2. The topological polar surface area (TPSA) is 89.7 Å². The predicted molar refractivity (Wildman–Crippen MR) is 74.8 cm³/mol. The molecule has 1 aliphatic rings. The third-order valence-electron chi connectivity index (χ3n) is 3.38. The molecule has 0 amide bonds. The van der Waals surface area contributed by atoms with Gasteiger partial charge in [0.1, 0.15) is 23.2 Å². The van der Waals surface area contributed by atoms with E-state index in [9.17, 15) is 13.2 Å². The number of carbonyl (C=O) groups is 1. The van der Waals surface area contributed by atoms with Crippen molar-refractivity contribution in [2.24, 2.45) is 0 Å². The summed E-state index contributed by atoms with van der Waals surface area (Å²) in [7, 11) is -3.63. The van der Waals surface area contributed by atoms with Crippen LogP contribution in [-0.2, 0) is 25.3 Å². The van der Waals surface area contributed by atoms with E-state index >= 15 is 0 Å². The lowest BCUT2D eigenvalue weighted by molar-refractivity contribution is -0.148. The number of esters is 1. The van der Waals surface area contributed by atoms with E-state index in [-0.39, 0.29) is 12.4 Å². The van der Waals surface area contributed by atoms with Crippen LogP contribution in [0.15, 0.2) is 10.6 Å². The molecule has 7 nitrogen and oxygen atoms in total. The molecule has 0 N–H and O–H groups in total. The lowest BCUT2D eigenvalue weighted by atomic mass is 10.1. The van der Waals surface area contributed by atoms with E-state index in [2.05, 4.69) is 5.16 Å². The molecule has 1 saturated heterocycles. The summed E-state index contributed by atoms with van der Waals surface area (Å²) in [6.45, 7) is 3.98. The van der Waals surface area contributed by atoms with Crippen molar-refractivity contribution in [2.75, 3.05) is 13.2 Å². The first-order valence-electron chi connectivity index (χ1n) is 7.02. The minimum Gasteiger partial charge on any atom is -0.465 e. The molecule has 21 heavy (non-hydrogen) atoms. The molecular weight excluding hydrogens is 296 g/mol. The molecular formula is C13H20N2O5S. The second-order valence-electron chi connectivity index (χ2n) is 5.06. The minimum atomic E-state index is -3.63. The number of nitrogens with zero attached hydrogens (tertiary/aromatic N) is 2. The van der Waals surface area contributed by atoms with Crippen molar-refractivity contribution in [2.45, 2.75) is 44.9 Å². The maximum atomic E-state index is 12.5. The maximum absolute atomic E-state index is 12.5. The molecule has 0 radical (unpaired) electrons. The van der Waals surface area contributed by atoms with Crippen LogP contribution < -0.4 is 0 Å². The fraction of sp³-hybridized carbons (Fsp3) is 0.692. The Morgan fingerprint density at radius 1 is 1.52 bits per heavy atom. The van der Waals surface area contributed by atoms with Crippen molar-refractivity contribution in [3.8, 4) is 0 Å². The van der Waals surface area contributed by atoms with Gasteiger partial charge in [-0.2, -0.15) is 4.31 Å². The molecule has 1 atom stereocenters. The number of aryl methyl sites for hydroxylation is 1. The Labute approximate surface area is 124 Å². The van der Waals surface area contributed by atoms with Crippen LogP contribution in [0.2, 0.25) is 0 Å². The number of hydrogen-bond acceptors (Lipinski definition) is 6. The van der Waals surface area contributed by atoms with Crippen molar-refractivity contribution in [1.82, 2.24) is 9.46 Å². The first kappa shape index (κ1) is 16.0. The van der Waals surface area contributed by atoms with Crippen LogP contribution in [0, 0.1) is 6.92 Å². The number of hydrogen-bond donors (Lipinski definition) is 0. The fourth-order valence-corrected chi connectivity index (χ4v) is 4.13. The third-order valence-corrected chi connectivity index (χ3v) is 5.19. The summed E-state index contributed by atoms with van der Waals surface area (Å²) in [5, 5.41) is 3.71. The smallest absolute Gasteiger partial charge is 0.324 e. The summed E-state index contributed by atoms with van der Waals surface area (Å²) in [4.78, 5) is 11.9. The Morgan fingerprint density at radius 3 is 2.90 bits per heavy atom. The van der Waals surface area contributed by atoms with Gasteiger partial charge in [-0.3, -0.25) is 4.79 Å². The van der Waals surface area contributed by atoms with Gasteiger partial charge >= 0.3 is 5.97 Å². The summed E-state index contributed by atoms with van der Waals surface area (Å²) < 4.78 is 36.2. The molecule has 0 aromatic carbocycles. The Hall–Kier alpha value is -1.41. The van der Waals surface area contributed by atoms with E-state index in [1.165, 1.54) is 4.31 Å². The Balaban J connectivity index is 2.17. The third kappa shape index (κ3) is 3.82. The summed E-state index contributed by atoms with van der Waals surface area (Å²) in [5.41, 5.74) is 0.348. The zero-order chi connectivity index (χ0) is 15.5. The largest absolute Gasteiger partial charge is 0.465 e. The van der Waals surface area contributed by atoms with E-state index in [0.717, 1.165) is 12.8 Å². The molecule has 0 spiro atoms. The van der Waals surface area contributed by atoms with E-state index in [1.54, 1.807) is 19.9 Å². The molecule has 8 heteroatoms. The molecule has 1 aromatic heterocycles. The van der Waals surface area contributed by atoms with Crippen LogP contribution in [0.25, 0.3) is 0 Å². The maximum Gasteiger partial charge on any atom is 0.324 e. The van der Waals surface area contributed by atoms with Crippen molar-refractivity contribution in [1.29, 1.82) is 0 Å². The van der Waals surface area contributed by atoms with Crippen molar-refractivity contribution >= 4 is 16.0 Å². The number of ether oxygens (including phenoxy) is 1. The number of piperidine rings is 1. The normalized spacial score (nSPS) is 20.4. The summed E-state index contributed by atoms with van der Waals surface area (Å²) >= 11 is 0. The average molecular weight is 316 g/mol. The van der Waals surface area contributed by atoms with Gasteiger partial charge in [0, 0.05) is 12.6 Å². The summed E-state index contributed by atoms with van der Waals surface area (Å²) in [6, 6.07) is 0.859. The lowest BCUT2D eigenvalue weighted by Crippen LogP contribution is -2.48. The molecule has 2 rings (SSSR count). The van der Waals surface area contributed by atoms with E-state index in [0.29, 0.717) is 24.4 Å². The lowest BCUT2D eigenvalue weighted by Gasteiger charge is -2.32. The Kier molecular flexibility index (Phi) is 5.00. The predicted octanol–water partition coefficient (Wildman–Crippen LogP) is 1.23. The second-order valence-corrected chi connectivity index (χ2v) is 6.98. The SMILES string of the molecule is CCOC(=O)C1CCCCN1S(=O)(=O)Cc1cc(C)on1. The van der Waals surface area contributed by atoms with Gasteiger partial charge in [0.2, 0.25) is 10.0 Å². The average Bonchev–Trinajstić information content (AvgIpc) is 2.83. The van der Waals surface area contributed by atoms with Crippen LogP contribution in [0.3, 0.4) is 0 Å². The summed E-state index contributed by atoms with van der Waals surface area (Å²) in [5.74, 6) is -0.182. The number of aromatic nitrogens is 1. The van der Waals surface area contributed by atoms with Crippen LogP contribution in [-0.4, -0.2) is 43.0 Å². The molecule has 0 bridgehead atoms. The molecule has 118 valence electrons. The second kappa shape index (κ2) is 6.57. The molecule has 2 heterocycles. The van der Waals surface area contributed by atoms with Gasteiger partial charge in [0.25, 0.3) is 0 Å². The van der Waals surface area contributed by atoms with Gasteiger partial charge in [-0.15, -0.1) is 0 Å². The first-order valence-corrected chi connectivity index (χ1v) is 8.63. The van der Waals surface area contributed by atoms with E-state index in [4.69, 9.17) is 9.26 Å². The standard InChI is InChI=1S/C13H20N2O5S/c1-3-19-13(16)12-6-4-5-7-15(12)21(17,18)9-11-8-10(2)20-14-11/h8,12H,3-7,9H2,1-2H3. The highest BCUT2D eigenvalue weighted by Crippen LogP contribution is 2.23. The van der Waals surface area contributed by atoms with Gasteiger partial charge in [-0.25, -0.2) is 8.42 Å². The zero-order valence-corrected chi connectivity index (χ0v) is 13.1. The van der Waals surface area contributed by atoms with Gasteiger partial charge < -0.3 is 9.26 Å². The molecule has 1 unspecified atom stereocenters. The van der Waals surface area contributed by atoms with E-state index < -0.39 is 22.0 Å². The fourth-order valence-electron chi connectivity index (χ4n) is 2.47. The van der Waals surface area contributed by atoms with Crippen molar-refractivity contribution in [3.63, 3.8) is 0 Å². The van der Waals surface area contributed by atoms with Crippen molar-refractivity contribution in [3.05, 3.63) is 17.5 Å². The van der Waals surface area contributed by atoms with Crippen LogP contribution in [0.1, 0.15) is 37.6 Å². The number of carbonyl (C=O) groups excluding carboxylic acids is 1. The molecule has 0 saturated carbocycles. The molecule has 1 fully saturated rings. The quantitative estimate of drug-likeness (QED) is 0.759. The molecule has 1 aromatic rings. The highest BCUT2D eigenvalue weighted by Gasteiger charge is 2.37. The number of rotatable bonds is 5. The molecule has 0 aliphatic carbocycles. The Bertz CT molecular complexity index is 595. The van der Waals surface area contributed by atoms with Gasteiger partial charge in [0.05, 0.1) is 6.61 Å². The van der Waals surface area contributed by atoms with Crippen molar-refractivity contribution < 1.29 is 22.5 Å². The Morgan fingerprint density at radius 2 is 2.29 bits per heavy atom. The monoisotopic (exact) mass is 316 g/mol. The minimum absolute atomic E-state index is 0.242. The van der Waals surface area contributed by atoms with E-state index in [1.807, 2.05) is 0 Å². The summed E-state index contributed by atoms with van der Waals surface area (Å²) in [6.07, 6.45) is 2.06. The van der Waals surface area contributed by atoms with Crippen LogP contribution in [0.4, 0.5) is 0 Å². The zero-order valence-electron chi connectivity index (χ0n) is 12.2. The number of sulfonamides is 1. The van der Waals surface area contributed by atoms with Crippen LogP contribution >= 0.6 is 0 Å². The van der Waals surface area contributed by atoms with Crippen LogP contribution in [0.5, 0.6) is 0 Å². The highest BCUT2D eigenvalue weighted by molar-refractivity contribution is 7.88. The molecule has 1 aliphatic heterocycles.